The molecule has 5 heteroatoms. The molecule has 2 aliphatic rings. The minimum absolute atomic E-state index is 0.389. The molecular formula is C35H37N3O2. The quantitative estimate of drug-likeness (QED) is 0.251. The van der Waals surface area contributed by atoms with Crippen LogP contribution in [0, 0.1) is 0 Å². The van der Waals surface area contributed by atoms with Gasteiger partial charge < -0.3 is 15.0 Å². The Hall–Kier alpha value is -4.09. The number of ether oxygens (including phenoxy) is 1. The molecule has 4 aromatic rings. The molecule has 0 unspecified atom stereocenters. The molecule has 4 aromatic carbocycles. The number of benzene rings is 4. The predicted octanol–water partition coefficient (Wildman–Crippen LogP) is 6.93. The summed E-state index contributed by atoms with van der Waals surface area (Å²) in [5.41, 5.74) is 7.56. The van der Waals surface area contributed by atoms with E-state index in [0.29, 0.717) is 0 Å². The van der Waals surface area contributed by atoms with Gasteiger partial charge in [0, 0.05) is 50.0 Å². The fourth-order valence-corrected chi connectivity index (χ4v) is 6.36. The highest BCUT2D eigenvalue weighted by atomic mass is 16.6. The van der Waals surface area contributed by atoms with Crippen LogP contribution in [-0.4, -0.2) is 50.8 Å². The summed E-state index contributed by atoms with van der Waals surface area (Å²) < 4.78 is 6.22. The Morgan fingerprint density at radius 1 is 0.725 bits per heavy atom. The molecule has 1 amide bonds. The highest BCUT2D eigenvalue weighted by molar-refractivity contribution is 5.82. The first-order valence-corrected chi connectivity index (χ1v) is 14.4. The first-order valence-electron chi connectivity index (χ1n) is 14.4. The zero-order valence-corrected chi connectivity index (χ0v) is 23.2. The van der Waals surface area contributed by atoms with Crippen LogP contribution in [0.1, 0.15) is 30.4 Å². The summed E-state index contributed by atoms with van der Waals surface area (Å²) in [6.07, 6.45) is 2.41. The van der Waals surface area contributed by atoms with E-state index in [-0.39, 0.29) is 6.09 Å². The van der Waals surface area contributed by atoms with Crippen molar-refractivity contribution in [3.05, 3.63) is 114 Å². The summed E-state index contributed by atoms with van der Waals surface area (Å²) in [4.78, 5) is 17.6. The summed E-state index contributed by atoms with van der Waals surface area (Å²) in [5, 5.41) is 2.68. The van der Waals surface area contributed by atoms with Gasteiger partial charge in [-0.3, -0.25) is 4.90 Å². The third-order valence-corrected chi connectivity index (χ3v) is 8.45. The van der Waals surface area contributed by atoms with Crippen LogP contribution in [0.5, 0.6) is 0 Å². The second-order valence-electron chi connectivity index (χ2n) is 10.8. The maximum Gasteiger partial charge on any atom is 0.408 e. The van der Waals surface area contributed by atoms with Crippen LogP contribution in [-0.2, 0) is 10.3 Å². The van der Waals surface area contributed by atoms with E-state index < -0.39 is 5.60 Å². The third-order valence-electron chi connectivity index (χ3n) is 8.45. The minimum Gasteiger partial charge on any atom is -0.433 e. The Balaban J connectivity index is 1.06. The molecule has 0 bridgehead atoms. The van der Waals surface area contributed by atoms with Crippen molar-refractivity contribution in [3.63, 3.8) is 0 Å². The normalized spacial score (nSPS) is 15.8. The first kappa shape index (κ1) is 26.1. The molecule has 1 heterocycles. The van der Waals surface area contributed by atoms with Crippen molar-refractivity contribution in [2.75, 3.05) is 44.7 Å². The Kier molecular flexibility index (Phi) is 7.56. The van der Waals surface area contributed by atoms with Gasteiger partial charge >= 0.3 is 6.09 Å². The lowest BCUT2D eigenvalue weighted by Gasteiger charge is -2.36. The summed E-state index contributed by atoms with van der Waals surface area (Å²) in [6.45, 7) is 5.25. The molecule has 0 spiro atoms. The summed E-state index contributed by atoms with van der Waals surface area (Å²) >= 11 is 0. The average Bonchev–Trinajstić information content (AvgIpc) is 3.29. The number of carbonyl (C=O) groups is 1. The van der Waals surface area contributed by atoms with Gasteiger partial charge in [0.1, 0.15) is 0 Å². The van der Waals surface area contributed by atoms with E-state index in [2.05, 4.69) is 106 Å². The van der Waals surface area contributed by atoms with Gasteiger partial charge in [0.25, 0.3) is 0 Å². The van der Waals surface area contributed by atoms with Crippen LogP contribution in [0.4, 0.5) is 10.5 Å². The lowest BCUT2D eigenvalue weighted by molar-refractivity contribution is 0.0341. The number of fused-ring (bicyclic) bond motifs is 3. The molecule has 0 saturated carbocycles. The molecule has 204 valence electrons. The number of amides is 1. The largest absolute Gasteiger partial charge is 0.433 e. The summed E-state index contributed by atoms with van der Waals surface area (Å²) in [6, 6.07) is 36.2. The number of nitrogens with one attached hydrogen (secondary N) is 1. The minimum atomic E-state index is -0.752. The maximum absolute atomic E-state index is 12.6. The molecule has 0 aromatic heterocycles. The Bertz CT molecular complexity index is 1400. The van der Waals surface area contributed by atoms with Crippen LogP contribution in [0.15, 0.2) is 103 Å². The molecule has 6 rings (SSSR count). The smallest absolute Gasteiger partial charge is 0.408 e. The maximum atomic E-state index is 12.6. The van der Waals surface area contributed by atoms with Gasteiger partial charge in [-0.2, -0.15) is 0 Å². The van der Waals surface area contributed by atoms with Crippen molar-refractivity contribution in [1.82, 2.24) is 10.2 Å². The number of nitrogens with zero attached hydrogens (tertiary/aromatic N) is 2. The molecule has 0 atom stereocenters. The summed E-state index contributed by atoms with van der Waals surface area (Å²) in [5.74, 6) is 0. The van der Waals surface area contributed by atoms with Crippen LogP contribution in [0.25, 0.3) is 22.3 Å². The second kappa shape index (κ2) is 11.6. The fourth-order valence-electron chi connectivity index (χ4n) is 6.36. The van der Waals surface area contributed by atoms with Gasteiger partial charge in [-0.15, -0.1) is 0 Å². The van der Waals surface area contributed by atoms with E-state index >= 15 is 0 Å². The number of anilines is 1. The molecular weight excluding hydrogens is 494 g/mol. The topological polar surface area (TPSA) is 44.8 Å². The van der Waals surface area contributed by atoms with E-state index in [4.69, 9.17) is 4.74 Å². The molecule has 1 aliphatic carbocycles. The van der Waals surface area contributed by atoms with E-state index in [1.807, 2.05) is 12.1 Å². The predicted molar refractivity (Wildman–Crippen MR) is 163 cm³/mol. The van der Waals surface area contributed by atoms with Gasteiger partial charge in [0.2, 0.25) is 0 Å². The zero-order valence-electron chi connectivity index (χ0n) is 23.2. The Labute approximate surface area is 237 Å². The van der Waals surface area contributed by atoms with E-state index in [0.717, 1.165) is 74.2 Å². The zero-order chi connectivity index (χ0) is 27.4. The standard InChI is InChI=1S/C35H37N3O2/c1-36-34(39)40-35(32-15-7-5-13-30(32)31-14-6-8-16-33(31)35)21-9-10-22-37-23-25-38(26-24-37)29-19-17-28(18-20-29)27-11-3-2-4-12-27/h2-8,11-20H,9-10,21-26H2,1H3,(H,36,39). The number of alkyl carbamates (subject to hydrolysis) is 1. The van der Waals surface area contributed by atoms with Gasteiger partial charge in [-0.05, 0) is 60.2 Å². The first-order chi connectivity index (χ1) is 19.7. The molecule has 5 nitrogen and oxygen atoms in total. The van der Waals surface area contributed by atoms with Crippen molar-refractivity contribution < 1.29 is 9.53 Å². The molecule has 0 radical (unpaired) electrons. The highest BCUT2D eigenvalue weighted by Crippen LogP contribution is 2.52. The van der Waals surface area contributed by atoms with Crippen molar-refractivity contribution in [2.45, 2.75) is 24.9 Å². The van der Waals surface area contributed by atoms with Gasteiger partial charge in [0.15, 0.2) is 5.60 Å². The van der Waals surface area contributed by atoms with Crippen LogP contribution in [0.2, 0.25) is 0 Å². The van der Waals surface area contributed by atoms with Crippen LogP contribution >= 0.6 is 0 Å². The fraction of sp³-hybridized carbons (Fsp3) is 0.286. The number of hydrogen-bond donors (Lipinski definition) is 1. The van der Waals surface area contributed by atoms with Crippen molar-refractivity contribution in [3.8, 4) is 22.3 Å². The second-order valence-corrected chi connectivity index (χ2v) is 10.8. The highest BCUT2D eigenvalue weighted by Gasteiger charge is 2.46. The molecule has 1 fully saturated rings. The number of hydrogen-bond acceptors (Lipinski definition) is 4. The van der Waals surface area contributed by atoms with Gasteiger partial charge in [-0.25, -0.2) is 4.79 Å². The number of rotatable bonds is 8. The van der Waals surface area contributed by atoms with Crippen molar-refractivity contribution in [2.24, 2.45) is 0 Å². The molecule has 1 N–H and O–H groups in total. The van der Waals surface area contributed by atoms with Gasteiger partial charge in [-0.1, -0.05) is 91.0 Å². The molecule has 1 aliphatic heterocycles. The average molecular weight is 532 g/mol. The molecule has 1 saturated heterocycles. The third kappa shape index (κ3) is 5.09. The lowest BCUT2D eigenvalue weighted by Crippen LogP contribution is -2.46. The number of unbranched alkanes of at least 4 members (excludes halogenated alkanes) is 1. The van der Waals surface area contributed by atoms with E-state index in [9.17, 15) is 4.79 Å². The van der Waals surface area contributed by atoms with Crippen molar-refractivity contribution >= 4 is 11.8 Å². The van der Waals surface area contributed by atoms with Crippen molar-refractivity contribution in [1.29, 1.82) is 0 Å². The Morgan fingerprint density at radius 3 is 1.93 bits per heavy atom. The lowest BCUT2D eigenvalue weighted by atomic mass is 9.86. The van der Waals surface area contributed by atoms with Crippen LogP contribution < -0.4 is 10.2 Å². The number of piperazine rings is 1. The number of carbonyl (C=O) groups excluding carboxylic acids is 1. The van der Waals surface area contributed by atoms with Crippen LogP contribution in [0.3, 0.4) is 0 Å². The monoisotopic (exact) mass is 531 g/mol. The molecule has 40 heavy (non-hydrogen) atoms. The Morgan fingerprint density at radius 2 is 1.30 bits per heavy atom. The summed E-state index contributed by atoms with van der Waals surface area (Å²) in [7, 11) is 1.63. The van der Waals surface area contributed by atoms with E-state index in [1.165, 1.54) is 16.8 Å². The van der Waals surface area contributed by atoms with Gasteiger partial charge in [0.05, 0.1) is 0 Å². The van der Waals surface area contributed by atoms with E-state index in [1.54, 1.807) is 7.05 Å². The SMILES string of the molecule is CNC(=O)OC1(CCCCN2CCN(c3ccc(-c4ccccc4)cc3)CC2)c2ccccc2-c2ccccc21.